The largest absolute Gasteiger partial charge is 0.512 e. The van der Waals surface area contributed by atoms with E-state index in [1.54, 1.807) is 19.1 Å². The van der Waals surface area contributed by atoms with Gasteiger partial charge in [-0.25, -0.2) is 0 Å². The van der Waals surface area contributed by atoms with Crippen LogP contribution in [0.3, 0.4) is 0 Å². The number of allylic oxidation sites excluding steroid dienone is 2. The normalized spacial score (nSPS) is 34.5. The number of carbonyl (C=O) groups is 1. The van der Waals surface area contributed by atoms with Gasteiger partial charge in [-0.1, -0.05) is 12.2 Å². The lowest BCUT2D eigenvalue weighted by Gasteiger charge is -2.32. The number of rotatable bonds is 2. The van der Waals surface area contributed by atoms with Crippen molar-refractivity contribution in [1.82, 2.24) is 0 Å². The highest BCUT2D eigenvalue weighted by Gasteiger charge is 2.36. The van der Waals surface area contributed by atoms with Gasteiger partial charge in [0.2, 0.25) is 0 Å². The van der Waals surface area contributed by atoms with Crippen molar-refractivity contribution in [3.8, 4) is 0 Å². The van der Waals surface area contributed by atoms with E-state index in [1.807, 2.05) is 0 Å². The van der Waals surface area contributed by atoms with Gasteiger partial charge in [0.05, 0.1) is 11.5 Å². The summed E-state index contributed by atoms with van der Waals surface area (Å²) in [5.74, 6) is 0.0598. The minimum Gasteiger partial charge on any atom is -0.512 e. The summed E-state index contributed by atoms with van der Waals surface area (Å²) in [4.78, 5) is 10.3. The Morgan fingerprint density at radius 3 is 2.92 bits per heavy atom. The zero-order valence-corrected chi connectivity index (χ0v) is 6.90. The van der Waals surface area contributed by atoms with Crippen molar-refractivity contribution >= 4 is 6.29 Å². The molecule has 0 fully saturated rings. The molecule has 0 aliphatic heterocycles. The summed E-state index contributed by atoms with van der Waals surface area (Å²) in [7, 11) is 0. The maximum atomic E-state index is 10.3. The van der Waals surface area contributed by atoms with Gasteiger partial charge in [0.15, 0.2) is 0 Å². The summed E-state index contributed by atoms with van der Waals surface area (Å²) in [6.45, 7) is 1.65. The Morgan fingerprint density at radius 2 is 2.42 bits per heavy atom. The molecule has 0 saturated heterocycles. The highest BCUT2D eigenvalue weighted by Crippen LogP contribution is 2.35. The maximum absolute atomic E-state index is 10.3. The molecular weight excluding hydrogens is 156 g/mol. The highest BCUT2D eigenvalue weighted by atomic mass is 16.3. The second kappa shape index (κ2) is 3.11. The van der Waals surface area contributed by atoms with E-state index in [9.17, 15) is 15.0 Å². The van der Waals surface area contributed by atoms with Crippen LogP contribution in [0.2, 0.25) is 0 Å². The molecule has 0 saturated carbocycles. The van der Waals surface area contributed by atoms with Crippen molar-refractivity contribution in [3.63, 3.8) is 0 Å². The molecule has 2 N–H and O–H groups in total. The van der Waals surface area contributed by atoms with Crippen LogP contribution in [0.15, 0.2) is 24.0 Å². The monoisotopic (exact) mass is 168 g/mol. The lowest BCUT2D eigenvalue weighted by atomic mass is 9.77. The Kier molecular flexibility index (Phi) is 2.33. The summed E-state index contributed by atoms with van der Waals surface area (Å²) in [5.41, 5.74) is -0.837. The zero-order chi connectivity index (χ0) is 9.19. The third-order valence-electron chi connectivity index (χ3n) is 2.29. The molecule has 0 radical (unpaired) electrons. The van der Waals surface area contributed by atoms with Crippen molar-refractivity contribution in [3.05, 3.63) is 24.0 Å². The SMILES string of the molecule is CC1(CC=O)C(O)=CC=CC1O. The molecule has 2 unspecified atom stereocenters. The highest BCUT2D eigenvalue weighted by molar-refractivity contribution is 5.53. The van der Waals surface area contributed by atoms with Gasteiger partial charge in [0, 0.05) is 6.42 Å². The van der Waals surface area contributed by atoms with Crippen molar-refractivity contribution in [1.29, 1.82) is 0 Å². The Hall–Kier alpha value is -1.09. The molecule has 0 heterocycles. The fraction of sp³-hybridized carbons (Fsp3) is 0.444. The summed E-state index contributed by atoms with van der Waals surface area (Å²) in [6, 6.07) is 0. The van der Waals surface area contributed by atoms with Gasteiger partial charge in [-0.3, -0.25) is 0 Å². The molecule has 0 aromatic rings. The van der Waals surface area contributed by atoms with E-state index < -0.39 is 11.5 Å². The van der Waals surface area contributed by atoms with E-state index in [2.05, 4.69) is 0 Å². The fourth-order valence-electron chi connectivity index (χ4n) is 1.20. The van der Waals surface area contributed by atoms with Crippen LogP contribution in [-0.2, 0) is 4.79 Å². The molecule has 3 nitrogen and oxygen atoms in total. The van der Waals surface area contributed by atoms with Crippen molar-refractivity contribution in [2.24, 2.45) is 5.41 Å². The standard InChI is InChI=1S/C9H12O3/c1-9(5-6-10)7(11)3-2-4-8(9)12/h2-4,6-7,11-12H,5H2,1H3. The maximum Gasteiger partial charge on any atom is 0.121 e. The van der Waals surface area contributed by atoms with Gasteiger partial charge >= 0.3 is 0 Å². The lowest BCUT2D eigenvalue weighted by molar-refractivity contribution is -0.111. The number of hydrogen-bond donors (Lipinski definition) is 2. The van der Waals surface area contributed by atoms with Gasteiger partial charge in [-0.05, 0) is 13.0 Å². The minimum absolute atomic E-state index is 0.0598. The van der Waals surface area contributed by atoms with Gasteiger partial charge in [-0.15, -0.1) is 0 Å². The molecule has 66 valence electrons. The first-order valence-corrected chi connectivity index (χ1v) is 3.81. The third-order valence-corrected chi connectivity index (χ3v) is 2.29. The lowest BCUT2D eigenvalue weighted by Crippen LogP contribution is -2.34. The second-order valence-corrected chi connectivity index (χ2v) is 3.17. The first-order chi connectivity index (χ1) is 5.61. The van der Waals surface area contributed by atoms with Crippen LogP contribution in [0.5, 0.6) is 0 Å². The number of hydrogen-bond acceptors (Lipinski definition) is 3. The van der Waals surface area contributed by atoms with Gasteiger partial charge in [0.1, 0.15) is 12.0 Å². The molecule has 0 bridgehead atoms. The van der Waals surface area contributed by atoms with Crippen molar-refractivity contribution in [2.45, 2.75) is 19.4 Å². The van der Waals surface area contributed by atoms with Crippen LogP contribution in [0.1, 0.15) is 13.3 Å². The van der Waals surface area contributed by atoms with E-state index in [-0.39, 0.29) is 12.2 Å². The van der Waals surface area contributed by atoms with Crippen LogP contribution in [-0.4, -0.2) is 22.6 Å². The summed E-state index contributed by atoms with van der Waals surface area (Å²) in [5, 5.41) is 18.9. The minimum atomic E-state index is -0.837. The van der Waals surface area contributed by atoms with Crippen LogP contribution in [0.25, 0.3) is 0 Å². The molecule has 3 heteroatoms. The number of aldehydes is 1. The molecule has 1 aliphatic carbocycles. The van der Waals surface area contributed by atoms with E-state index in [1.165, 1.54) is 6.08 Å². The van der Waals surface area contributed by atoms with Crippen LogP contribution < -0.4 is 0 Å². The number of aliphatic hydroxyl groups excluding tert-OH is 2. The molecular formula is C9H12O3. The van der Waals surface area contributed by atoms with E-state index in [0.29, 0.717) is 6.29 Å². The summed E-state index contributed by atoms with van der Waals surface area (Å²) in [6.07, 6.45) is 4.67. The Balaban J connectivity index is 2.93. The van der Waals surface area contributed by atoms with Crippen LogP contribution in [0.4, 0.5) is 0 Å². The average Bonchev–Trinajstić information content (AvgIpc) is 2.02. The van der Waals surface area contributed by atoms with Crippen molar-refractivity contribution in [2.75, 3.05) is 0 Å². The Bertz CT molecular complexity index is 242. The topological polar surface area (TPSA) is 57.5 Å². The molecule has 0 aromatic carbocycles. The van der Waals surface area contributed by atoms with Crippen LogP contribution in [0, 0.1) is 5.41 Å². The summed E-state index contributed by atoms with van der Waals surface area (Å²) >= 11 is 0. The van der Waals surface area contributed by atoms with Crippen molar-refractivity contribution < 1.29 is 15.0 Å². The molecule has 1 aliphatic rings. The predicted molar refractivity (Wildman–Crippen MR) is 44.6 cm³/mol. The molecule has 0 amide bonds. The van der Waals surface area contributed by atoms with E-state index in [0.717, 1.165) is 0 Å². The first-order valence-electron chi connectivity index (χ1n) is 3.81. The molecule has 12 heavy (non-hydrogen) atoms. The average molecular weight is 168 g/mol. The fourth-order valence-corrected chi connectivity index (χ4v) is 1.20. The zero-order valence-electron chi connectivity index (χ0n) is 6.90. The Morgan fingerprint density at radius 1 is 1.75 bits per heavy atom. The van der Waals surface area contributed by atoms with Gasteiger partial charge in [0.25, 0.3) is 0 Å². The quantitative estimate of drug-likeness (QED) is 0.603. The molecule has 1 rings (SSSR count). The Labute approximate surface area is 71.0 Å². The number of carbonyl (C=O) groups excluding carboxylic acids is 1. The van der Waals surface area contributed by atoms with E-state index in [4.69, 9.17) is 0 Å². The number of aliphatic hydroxyl groups is 2. The van der Waals surface area contributed by atoms with Gasteiger partial charge in [-0.2, -0.15) is 0 Å². The smallest absolute Gasteiger partial charge is 0.121 e. The first kappa shape index (κ1) is 9.00. The van der Waals surface area contributed by atoms with E-state index >= 15 is 0 Å². The third kappa shape index (κ3) is 1.28. The predicted octanol–water partition coefficient (Wildman–Crippen LogP) is 0.954. The van der Waals surface area contributed by atoms with Crippen LogP contribution >= 0.6 is 0 Å². The molecule has 2 atom stereocenters. The van der Waals surface area contributed by atoms with Gasteiger partial charge < -0.3 is 15.0 Å². The summed E-state index contributed by atoms with van der Waals surface area (Å²) < 4.78 is 0. The molecule has 0 aromatic heterocycles. The second-order valence-electron chi connectivity index (χ2n) is 3.17. The molecule has 0 spiro atoms.